The number of esters is 1. The van der Waals surface area contributed by atoms with E-state index >= 15 is 0 Å². The molecule has 0 aromatic rings. The molecule has 0 saturated heterocycles. The Labute approximate surface area is 95.7 Å². The van der Waals surface area contributed by atoms with E-state index in [4.69, 9.17) is 15.3 Å². The number of aliphatic hydroxyl groups excluding tert-OH is 3. The third kappa shape index (κ3) is 2.35. The molecule has 1 heterocycles. The van der Waals surface area contributed by atoms with Crippen LogP contribution in [0.1, 0.15) is 0 Å². The predicted octanol–water partition coefficient (Wildman–Crippen LogP) is -5.60. The second kappa shape index (κ2) is 4.83. The van der Waals surface area contributed by atoms with Crippen LogP contribution in [0.3, 0.4) is 0 Å². The van der Waals surface area contributed by atoms with E-state index < -0.39 is 36.3 Å². The number of hydrogen-bond donors (Lipinski definition) is 3. The Hall–Kier alpha value is -0.270. The minimum absolute atomic E-state index is 0. The molecule has 0 radical (unpaired) electrons. The molecule has 0 spiro atoms. The van der Waals surface area contributed by atoms with Crippen molar-refractivity contribution < 1.29 is 59.5 Å². The Morgan fingerprint density at radius 1 is 1.62 bits per heavy atom. The second-order valence-corrected chi connectivity index (χ2v) is 2.29. The number of rotatable bonds is 2. The normalized spacial score (nSPS) is 23.8. The minimum Gasteiger partial charge on any atom is -0.865 e. The summed E-state index contributed by atoms with van der Waals surface area (Å²) in [5.41, 5.74) is 0. The molecule has 1 aliphatic heterocycles. The van der Waals surface area contributed by atoms with Crippen LogP contribution in [0, 0.1) is 0 Å². The van der Waals surface area contributed by atoms with Gasteiger partial charge in [-0.15, -0.1) is 0 Å². The second-order valence-electron chi connectivity index (χ2n) is 2.29. The molecule has 13 heavy (non-hydrogen) atoms. The number of carbonyl (C=O) groups is 1. The fourth-order valence-corrected chi connectivity index (χ4v) is 0.815. The van der Waals surface area contributed by atoms with Gasteiger partial charge in [-0.25, -0.2) is 4.79 Å². The van der Waals surface area contributed by atoms with Crippen molar-refractivity contribution in [2.45, 2.75) is 12.2 Å². The molecular weight excluding hydrogens is 191 g/mol. The van der Waals surface area contributed by atoms with Crippen molar-refractivity contribution in [3.8, 4) is 0 Å². The topological polar surface area (TPSA) is 110 Å². The number of aliphatic hydroxyl groups is 3. The molecule has 0 saturated carbocycles. The van der Waals surface area contributed by atoms with E-state index in [1.165, 1.54) is 0 Å². The van der Waals surface area contributed by atoms with E-state index in [2.05, 4.69) is 4.74 Å². The van der Waals surface area contributed by atoms with Gasteiger partial charge < -0.3 is 25.2 Å². The van der Waals surface area contributed by atoms with Crippen LogP contribution in [0.5, 0.6) is 0 Å². The summed E-state index contributed by atoms with van der Waals surface area (Å²) in [5.74, 6) is -3.25. The molecule has 68 valence electrons. The predicted molar refractivity (Wildman–Crippen MR) is 32.6 cm³/mol. The molecule has 0 fully saturated rings. The quantitative estimate of drug-likeness (QED) is 0.301. The standard InChI is InChI=1S/C6H8O6.Na/c7-1-2(8)5-3(9)4(10)6(11)12-5;/h2,5,7-10H,1H2;/q;+1/p-1/t2-,5+;/m1./s1. The maximum atomic E-state index is 10.6. The van der Waals surface area contributed by atoms with Gasteiger partial charge in [0.2, 0.25) is 0 Å². The van der Waals surface area contributed by atoms with Crippen molar-refractivity contribution in [3.05, 3.63) is 11.5 Å². The Morgan fingerprint density at radius 3 is 2.46 bits per heavy atom. The molecule has 7 heteroatoms. The number of cyclic esters (lactones) is 1. The first-order chi connectivity index (χ1) is 5.57. The van der Waals surface area contributed by atoms with Crippen LogP contribution in [0.2, 0.25) is 0 Å². The molecule has 1 aliphatic rings. The number of hydrogen-bond acceptors (Lipinski definition) is 6. The average Bonchev–Trinajstić information content (AvgIpc) is 2.32. The molecule has 0 aromatic heterocycles. The van der Waals surface area contributed by atoms with Gasteiger partial charge in [-0.3, -0.25) is 0 Å². The molecule has 0 bridgehead atoms. The summed E-state index contributed by atoms with van der Waals surface area (Å²) in [5, 5.41) is 36.8. The Kier molecular flexibility index (Phi) is 4.72. The van der Waals surface area contributed by atoms with Gasteiger partial charge in [-0.2, -0.15) is 0 Å². The molecule has 0 unspecified atom stereocenters. The molecule has 0 aromatic carbocycles. The Morgan fingerprint density at radius 2 is 2.15 bits per heavy atom. The first-order valence-electron chi connectivity index (χ1n) is 3.18. The number of carbonyl (C=O) groups excluding carboxylic acids is 1. The molecular formula is C6H7NaO6. The van der Waals surface area contributed by atoms with Crippen LogP contribution in [0.25, 0.3) is 0 Å². The van der Waals surface area contributed by atoms with Gasteiger partial charge in [0.1, 0.15) is 11.9 Å². The third-order valence-electron chi connectivity index (χ3n) is 1.46. The van der Waals surface area contributed by atoms with E-state index in [9.17, 15) is 9.90 Å². The van der Waals surface area contributed by atoms with Crippen molar-refractivity contribution in [2.75, 3.05) is 6.61 Å². The van der Waals surface area contributed by atoms with Crippen molar-refractivity contribution >= 4 is 5.97 Å². The van der Waals surface area contributed by atoms with Crippen LogP contribution in [0.4, 0.5) is 0 Å². The van der Waals surface area contributed by atoms with Crippen molar-refractivity contribution in [3.63, 3.8) is 0 Å². The van der Waals surface area contributed by atoms with Crippen LogP contribution >= 0.6 is 0 Å². The van der Waals surface area contributed by atoms with Crippen LogP contribution in [-0.2, 0) is 9.53 Å². The fraction of sp³-hybridized carbons (Fsp3) is 0.500. The summed E-state index contributed by atoms with van der Waals surface area (Å²) in [6.07, 6.45) is -2.88. The van der Waals surface area contributed by atoms with Gasteiger partial charge in [0, 0.05) is 5.76 Å². The zero-order valence-electron chi connectivity index (χ0n) is 6.93. The maximum absolute atomic E-state index is 10.6. The van der Waals surface area contributed by atoms with Gasteiger partial charge in [0.15, 0.2) is 6.10 Å². The number of ether oxygens (including phenoxy) is 1. The van der Waals surface area contributed by atoms with Gasteiger partial charge >= 0.3 is 35.5 Å². The van der Waals surface area contributed by atoms with Crippen molar-refractivity contribution in [2.24, 2.45) is 0 Å². The van der Waals surface area contributed by atoms with E-state index in [1.54, 1.807) is 0 Å². The largest absolute Gasteiger partial charge is 1.00 e. The SMILES string of the molecule is O=C1O[C@@H]([C@H](O)CO)C(O)=C1[O-].[Na+]. The van der Waals surface area contributed by atoms with E-state index in [0.717, 1.165) is 0 Å². The maximum Gasteiger partial charge on any atom is 1.00 e. The monoisotopic (exact) mass is 198 g/mol. The van der Waals surface area contributed by atoms with Gasteiger partial charge in [0.05, 0.1) is 6.61 Å². The van der Waals surface area contributed by atoms with E-state index in [1.807, 2.05) is 0 Å². The van der Waals surface area contributed by atoms with Gasteiger partial charge in [-0.1, -0.05) is 0 Å². The van der Waals surface area contributed by atoms with Crippen molar-refractivity contribution in [1.82, 2.24) is 0 Å². The fourth-order valence-electron chi connectivity index (χ4n) is 0.815. The molecule has 3 N–H and O–H groups in total. The van der Waals surface area contributed by atoms with E-state index in [0.29, 0.717) is 0 Å². The minimum atomic E-state index is -1.46. The van der Waals surface area contributed by atoms with Crippen molar-refractivity contribution in [1.29, 1.82) is 0 Å². The molecule has 0 aliphatic carbocycles. The van der Waals surface area contributed by atoms with Crippen LogP contribution < -0.4 is 34.7 Å². The summed E-state index contributed by atoms with van der Waals surface area (Å²) in [6.45, 7) is -0.699. The summed E-state index contributed by atoms with van der Waals surface area (Å²) in [7, 11) is 0. The zero-order valence-corrected chi connectivity index (χ0v) is 8.93. The van der Waals surface area contributed by atoms with E-state index in [-0.39, 0.29) is 29.6 Å². The van der Waals surface area contributed by atoms with Gasteiger partial charge in [-0.05, 0) is 0 Å². The Bertz CT molecular complexity index is 237. The zero-order chi connectivity index (χ0) is 9.30. The Balaban J connectivity index is 0.00000144. The first-order valence-corrected chi connectivity index (χ1v) is 3.18. The molecule has 1 rings (SSSR count). The van der Waals surface area contributed by atoms with Crippen LogP contribution in [-0.4, -0.2) is 40.1 Å². The van der Waals surface area contributed by atoms with Gasteiger partial charge in [0.25, 0.3) is 0 Å². The average molecular weight is 198 g/mol. The first kappa shape index (κ1) is 12.7. The summed E-state index contributed by atoms with van der Waals surface area (Å²) >= 11 is 0. The smallest absolute Gasteiger partial charge is 0.865 e. The summed E-state index contributed by atoms with van der Waals surface area (Å²) in [4.78, 5) is 10.5. The third-order valence-corrected chi connectivity index (χ3v) is 1.46. The molecule has 0 amide bonds. The summed E-state index contributed by atoms with van der Waals surface area (Å²) in [6, 6.07) is 0. The summed E-state index contributed by atoms with van der Waals surface area (Å²) < 4.78 is 4.25. The molecule has 6 nitrogen and oxygen atoms in total. The van der Waals surface area contributed by atoms with Crippen LogP contribution in [0.15, 0.2) is 11.5 Å². The molecule has 2 atom stereocenters.